The molecule has 2 aromatic heterocycles. The van der Waals surface area contributed by atoms with Crippen molar-refractivity contribution in [3.05, 3.63) is 44.8 Å². The van der Waals surface area contributed by atoms with E-state index < -0.39 is 0 Å². The molecule has 0 aliphatic carbocycles. The fourth-order valence-electron chi connectivity index (χ4n) is 2.59. The third-order valence-electron chi connectivity index (χ3n) is 3.91. The molecule has 6 heteroatoms. The van der Waals surface area contributed by atoms with Crippen LogP contribution in [0.5, 0.6) is 0 Å². The maximum Gasteiger partial charge on any atom is 0.169 e. The van der Waals surface area contributed by atoms with E-state index in [-0.39, 0.29) is 0 Å². The summed E-state index contributed by atoms with van der Waals surface area (Å²) < 4.78 is 0. The molecular weight excluding hydrogens is 330 g/mol. The largest absolute Gasteiger partial charge is 0.358 e. The summed E-state index contributed by atoms with van der Waals surface area (Å²) in [6.07, 6.45) is 1.17. The van der Waals surface area contributed by atoms with Gasteiger partial charge in [0.15, 0.2) is 5.11 Å². The first kappa shape index (κ1) is 15.9. The number of thiophene rings is 2. The van der Waals surface area contributed by atoms with Crippen LogP contribution in [0.2, 0.25) is 0 Å². The molecule has 0 amide bonds. The van der Waals surface area contributed by atoms with Crippen molar-refractivity contribution in [3.63, 3.8) is 0 Å². The van der Waals surface area contributed by atoms with Gasteiger partial charge in [-0.1, -0.05) is 12.1 Å². The fraction of sp³-hybridized carbons (Fsp3) is 0.438. The van der Waals surface area contributed by atoms with Crippen LogP contribution >= 0.6 is 34.9 Å². The van der Waals surface area contributed by atoms with Crippen molar-refractivity contribution in [3.8, 4) is 0 Å². The van der Waals surface area contributed by atoms with Gasteiger partial charge in [-0.25, -0.2) is 0 Å². The minimum Gasteiger partial charge on any atom is -0.358 e. The summed E-state index contributed by atoms with van der Waals surface area (Å²) in [4.78, 5) is 7.65. The number of thiocarbonyl (C=S) groups is 1. The SMILES string of the molecule is S=C(NCc1cccs1)N1CCN(CCc2cccs2)CC1. The quantitative estimate of drug-likeness (QED) is 0.834. The van der Waals surface area contributed by atoms with Gasteiger partial charge in [0.2, 0.25) is 0 Å². The Kier molecular flexibility index (Phi) is 5.83. The summed E-state index contributed by atoms with van der Waals surface area (Å²) >= 11 is 9.14. The zero-order valence-corrected chi connectivity index (χ0v) is 15.0. The lowest BCUT2D eigenvalue weighted by Crippen LogP contribution is -2.51. The lowest BCUT2D eigenvalue weighted by Gasteiger charge is -2.36. The fourth-order valence-corrected chi connectivity index (χ4v) is 4.18. The van der Waals surface area contributed by atoms with Gasteiger partial charge in [0.25, 0.3) is 0 Å². The second-order valence-electron chi connectivity index (χ2n) is 5.40. The van der Waals surface area contributed by atoms with Crippen LogP contribution < -0.4 is 5.32 Å². The first-order valence-corrected chi connectivity index (χ1v) is 9.78. The molecule has 3 nitrogen and oxygen atoms in total. The molecule has 0 radical (unpaired) electrons. The predicted octanol–water partition coefficient (Wildman–Crippen LogP) is 3.04. The Labute approximate surface area is 145 Å². The Morgan fingerprint density at radius 3 is 2.36 bits per heavy atom. The highest BCUT2D eigenvalue weighted by atomic mass is 32.1. The first-order chi connectivity index (χ1) is 10.8. The Morgan fingerprint density at radius 1 is 1.05 bits per heavy atom. The zero-order chi connectivity index (χ0) is 15.2. The number of hydrogen-bond donors (Lipinski definition) is 1. The number of hydrogen-bond acceptors (Lipinski definition) is 4. The molecule has 1 fully saturated rings. The highest BCUT2D eigenvalue weighted by Gasteiger charge is 2.18. The molecule has 0 spiro atoms. The molecule has 1 saturated heterocycles. The molecule has 2 aromatic rings. The van der Waals surface area contributed by atoms with E-state index in [1.54, 1.807) is 11.3 Å². The molecule has 1 aliphatic heterocycles. The Bertz CT molecular complexity index is 557. The number of rotatable bonds is 5. The van der Waals surface area contributed by atoms with Gasteiger partial charge in [-0.3, -0.25) is 4.90 Å². The Hall–Kier alpha value is -0.950. The molecule has 0 saturated carbocycles. The summed E-state index contributed by atoms with van der Waals surface area (Å²) in [5.41, 5.74) is 0. The van der Waals surface area contributed by atoms with Crippen molar-refractivity contribution in [2.75, 3.05) is 32.7 Å². The van der Waals surface area contributed by atoms with Crippen molar-refractivity contribution in [1.82, 2.24) is 15.1 Å². The smallest absolute Gasteiger partial charge is 0.169 e. The molecule has 1 aliphatic rings. The van der Waals surface area contributed by atoms with Crippen molar-refractivity contribution in [2.45, 2.75) is 13.0 Å². The summed E-state index contributed by atoms with van der Waals surface area (Å²) in [6, 6.07) is 8.58. The van der Waals surface area contributed by atoms with Crippen LogP contribution in [-0.2, 0) is 13.0 Å². The van der Waals surface area contributed by atoms with E-state index in [1.165, 1.54) is 16.2 Å². The van der Waals surface area contributed by atoms with Gasteiger partial charge in [0, 0.05) is 42.5 Å². The molecule has 1 N–H and O–H groups in total. The molecule has 3 heterocycles. The van der Waals surface area contributed by atoms with Crippen LogP contribution in [0.4, 0.5) is 0 Å². The molecule has 3 rings (SSSR count). The van der Waals surface area contributed by atoms with Crippen LogP contribution in [0.1, 0.15) is 9.75 Å². The lowest BCUT2D eigenvalue weighted by molar-refractivity contribution is 0.183. The van der Waals surface area contributed by atoms with E-state index in [2.05, 4.69) is 50.1 Å². The summed E-state index contributed by atoms with van der Waals surface area (Å²) in [6.45, 7) is 6.26. The van der Waals surface area contributed by atoms with E-state index in [9.17, 15) is 0 Å². The number of piperazine rings is 1. The van der Waals surface area contributed by atoms with E-state index in [4.69, 9.17) is 12.2 Å². The summed E-state index contributed by atoms with van der Waals surface area (Å²) in [7, 11) is 0. The van der Waals surface area contributed by atoms with E-state index in [0.717, 1.165) is 44.4 Å². The monoisotopic (exact) mass is 351 g/mol. The van der Waals surface area contributed by atoms with Crippen molar-refractivity contribution >= 4 is 40.0 Å². The molecule has 0 atom stereocenters. The van der Waals surface area contributed by atoms with Crippen LogP contribution in [0.3, 0.4) is 0 Å². The molecular formula is C16H21N3S3. The normalized spacial score (nSPS) is 15.9. The average Bonchev–Trinajstić information content (AvgIpc) is 3.24. The summed E-state index contributed by atoms with van der Waals surface area (Å²) in [5.74, 6) is 0. The van der Waals surface area contributed by atoms with Crippen molar-refractivity contribution in [2.24, 2.45) is 0 Å². The van der Waals surface area contributed by atoms with Gasteiger partial charge in [0.05, 0.1) is 6.54 Å². The first-order valence-electron chi connectivity index (χ1n) is 7.61. The Balaban J connectivity index is 1.36. The van der Waals surface area contributed by atoms with Crippen molar-refractivity contribution < 1.29 is 0 Å². The van der Waals surface area contributed by atoms with E-state index in [1.807, 2.05) is 11.3 Å². The van der Waals surface area contributed by atoms with Crippen LogP contribution in [-0.4, -0.2) is 47.6 Å². The third kappa shape index (κ3) is 4.52. The molecule has 0 unspecified atom stereocenters. The standard InChI is InChI=1S/C16H21N3S3/c20-16(17-13-15-4-2-12-22-15)19-9-7-18(8-10-19)6-5-14-3-1-11-21-14/h1-4,11-12H,5-10,13H2,(H,17,20). The molecule has 0 aromatic carbocycles. The van der Waals surface area contributed by atoms with Crippen LogP contribution in [0.15, 0.2) is 35.0 Å². The predicted molar refractivity (Wildman–Crippen MR) is 99.8 cm³/mol. The third-order valence-corrected chi connectivity index (χ3v) is 6.12. The number of nitrogens with zero attached hydrogens (tertiary/aromatic N) is 2. The van der Waals surface area contributed by atoms with Gasteiger partial charge in [-0.2, -0.15) is 0 Å². The second kappa shape index (κ2) is 8.06. The van der Waals surface area contributed by atoms with Crippen LogP contribution in [0, 0.1) is 0 Å². The Morgan fingerprint density at radius 2 is 1.73 bits per heavy atom. The minimum absolute atomic E-state index is 0.842. The van der Waals surface area contributed by atoms with E-state index >= 15 is 0 Å². The molecule has 118 valence electrons. The second-order valence-corrected chi connectivity index (χ2v) is 7.85. The topological polar surface area (TPSA) is 18.5 Å². The maximum absolute atomic E-state index is 5.52. The van der Waals surface area contributed by atoms with Gasteiger partial charge in [0.1, 0.15) is 0 Å². The number of nitrogens with one attached hydrogen (secondary N) is 1. The average molecular weight is 352 g/mol. The minimum atomic E-state index is 0.842. The van der Waals surface area contributed by atoms with Gasteiger partial charge in [-0.15, -0.1) is 22.7 Å². The highest BCUT2D eigenvalue weighted by Crippen LogP contribution is 2.11. The van der Waals surface area contributed by atoms with Crippen molar-refractivity contribution in [1.29, 1.82) is 0 Å². The van der Waals surface area contributed by atoms with Gasteiger partial charge < -0.3 is 10.2 Å². The van der Waals surface area contributed by atoms with Crippen LogP contribution in [0.25, 0.3) is 0 Å². The van der Waals surface area contributed by atoms with Gasteiger partial charge >= 0.3 is 0 Å². The molecule has 22 heavy (non-hydrogen) atoms. The highest BCUT2D eigenvalue weighted by molar-refractivity contribution is 7.80. The molecule has 0 bridgehead atoms. The zero-order valence-electron chi connectivity index (χ0n) is 12.5. The summed E-state index contributed by atoms with van der Waals surface area (Å²) in [5, 5.41) is 8.53. The maximum atomic E-state index is 5.52. The van der Waals surface area contributed by atoms with Gasteiger partial charge in [-0.05, 0) is 41.5 Å². The lowest BCUT2D eigenvalue weighted by atomic mass is 10.2. The van der Waals surface area contributed by atoms with E-state index in [0.29, 0.717) is 0 Å².